The van der Waals surface area contributed by atoms with Crippen molar-refractivity contribution in [1.29, 1.82) is 0 Å². The number of carbonyl (C=O) groups excluding carboxylic acids is 1. The fourth-order valence-electron chi connectivity index (χ4n) is 2.98. The first-order valence-corrected chi connectivity index (χ1v) is 10.6. The Hall–Kier alpha value is -3.39. The highest BCUT2D eigenvalue weighted by Gasteiger charge is 2.17. The van der Waals surface area contributed by atoms with Gasteiger partial charge in [-0.1, -0.05) is 42.1 Å². The molecule has 4 aromatic rings. The van der Waals surface area contributed by atoms with Gasteiger partial charge in [-0.2, -0.15) is 0 Å². The van der Waals surface area contributed by atoms with Crippen LogP contribution in [0.5, 0.6) is 0 Å². The zero-order valence-electron chi connectivity index (χ0n) is 16.3. The molecule has 8 heteroatoms. The first-order chi connectivity index (χ1) is 14.8. The van der Waals surface area contributed by atoms with E-state index in [0.29, 0.717) is 24.1 Å². The van der Waals surface area contributed by atoms with Gasteiger partial charge in [0.25, 0.3) is 0 Å². The van der Waals surface area contributed by atoms with Crippen LogP contribution in [0, 0.1) is 0 Å². The summed E-state index contributed by atoms with van der Waals surface area (Å²) in [5.74, 6) is 1.70. The number of amides is 1. The van der Waals surface area contributed by atoms with Crippen molar-refractivity contribution in [2.75, 3.05) is 12.3 Å². The van der Waals surface area contributed by atoms with E-state index in [0.717, 1.165) is 17.7 Å². The fraction of sp³-hybridized carbons (Fsp3) is 0.182. The molecule has 0 aliphatic rings. The number of rotatable bonds is 9. The van der Waals surface area contributed by atoms with E-state index in [1.54, 1.807) is 18.7 Å². The molecule has 0 saturated heterocycles. The van der Waals surface area contributed by atoms with Crippen molar-refractivity contribution >= 4 is 17.7 Å². The van der Waals surface area contributed by atoms with E-state index >= 15 is 0 Å². The lowest BCUT2D eigenvalue weighted by Gasteiger charge is -2.09. The van der Waals surface area contributed by atoms with Crippen molar-refractivity contribution in [2.45, 2.75) is 18.1 Å². The fourth-order valence-corrected chi connectivity index (χ4v) is 3.74. The lowest BCUT2D eigenvalue weighted by atomic mass is 10.1. The molecule has 30 heavy (non-hydrogen) atoms. The van der Waals surface area contributed by atoms with Gasteiger partial charge >= 0.3 is 0 Å². The molecule has 4 rings (SSSR count). The molecule has 0 fully saturated rings. The van der Waals surface area contributed by atoms with Gasteiger partial charge in [-0.25, -0.2) is 0 Å². The highest BCUT2D eigenvalue weighted by atomic mass is 32.2. The lowest BCUT2D eigenvalue weighted by molar-refractivity contribution is -0.118. The normalized spacial score (nSPS) is 10.8. The Labute approximate surface area is 178 Å². The first kappa shape index (κ1) is 19.9. The SMILES string of the molecule is O=C(CSc1nnc(-c2cccnc2)n1Cc1ccco1)NCCc1ccccc1. The topological polar surface area (TPSA) is 85.8 Å². The van der Waals surface area contributed by atoms with Gasteiger partial charge in [-0.05, 0) is 36.2 Å². The molecule has 0 aliphatic carbocycles. The van der Waals surface area contributed by atoms with E-state index < -0.39 is 0 Å². The number of nitrogens with one attached hydrogen (secondary N) is 1. The number of nitrogens with zero attached hydrogens (tertiary/aromatic N) is 4. The number of benzene rings is 1. The lowest BCUT2D eigenvalue weighted by Crippen LogP contribution is -2.27. The molecule has 7 nitrogen and oxygen atoms in total. The molecule has 0 unspecified atom stereocenters. The maximum Gasteiger partial charge on any atom is 0.230 e. The van der Waals surface area contributed by atoms with Crippen LogP contribution in [0.1, 0.15) is 11.3 Å². The van der Waals surface area contributed by atoms with Crippen molar-refractivity contribution < 1.29 is 9.21 Å². The number of furan rings is 1. The van der Waals surface area contributed by atoms with Crippen LogP contribution in [-0.4, -0.2) is 38.0 Å². The van der Waals surface area contributed by atoms with E-state index in [2.05, 4.69) is 32.6 Å². The van der Waals surface area contributed by atoms with Crippen LogP contribution in [-0.2, 0) is 17.8 Å². The standard InChI is InChI=1S/C22H21N5O2S/c28-20(24-12-10-17-6-2-1-3-7-17)16-30-22-26-25-21(18-8-4-11-23-14-18)27(22)15-19-9-5-13-29-19/h1-9,11,13-14H,10,12,15-16H2,(H,24,28). The van der Waals surface area contributed by atoms with Gasteiger partial charge < -0.3 is 9.73 Å². The van der Waals surface area contributed by atoms with Crippen LogP contribution in [0.3, 0.4) is 0 Å². The second-order valence-electron chi connectivity index (χ2n) is 6.59. The average molecular weight is 420 g/mol. The number of carbonyl (C=O) groups is 1. The van der Waals surface area contributed by atoms with Crippen LogP contribution < -0.4 is 5.32 Å². The zero-order valence-corrected chi connectivity index (χ0v) is 17.1. The maximum absolute atomic E-state index is 12.3. The van der Waals surface area contributed by atoms with Crippen LogP contribution in [0.25, 0.3) is 11.4 Å². The van der Waals surface area contributed by atoms with Gasteiger partial charge in [0.2, 0.25) is 5.91 Å². The van der Waals surface area contributed by atoms with Crippen molar-refractivity contribution in [3.63, 3.8) is 0 Å². The predicted octanol–water partition coefficient (Wildman–Crippen LogP) is 3.43. The molecular weight excluding hydrogens is 398 g/mol. The van der Waals surface area contributed by atoms with Gasteiger partial charge in [0.05, 0.1) is 18.6 Å². The number of hydrogen-bond acceptors (Lipinski definition) is 6. The summed E-state index contributed by atoms with van der Waals surface area (Å²) in [7, 11) is 0. The largest absolute Gasteiger partial charge is 0.467 e. The van der Waals surface area contributed by atoms with Gasteiger partial charge in [0.1, 0.15) is 5.76 Å². The molecule has 0 radical (unpaired) electrons. The molecule has 0 spiro atoms. The summed E-state index contributed by atoms with van der Waals surface area (Å²) < 4.78 is 7.44. The molecule has 0 aliphatic heterocycles. The van der Waals surface area contributed by atoms with Crippen molar-refractivity contribution in [3.05, 3.63) is 84.6 Å². The predicted molar refractivity (Wildman–Crippen MR) is 115 cm³/mol. The number of hydrogen-bond donors (Lipinski definition) is 1. The van der Waals surface area contributed by atoms with Crippen LogP contribution in [0.4, 0.5) is 0 Å². The van der Waals surface area contributed by atoms with E-state index in [1.807, 2.05) is 47.0 Å². The Morgan fingerprint density at radius 1 is 1.07 bits per heavy atom. The Kier molecular flexibility index (Phi) is 6.56. The molecule has 1 amide bonds. The van der Waals surface area contributed by atoms with E-state index in [4.69, 9.17) is 4.42 Å². The molecule has 1 N–H and O–H groups in total. The summed E-state index contributed by atoms with van der Waals surface area (Å²) in [5.41, 5.74) is 2.06. The maximum atomic E-state index is 12.3. The molecule has 0 saturated carbocycles. The molecular formula is C22H21N5O2S. The second kappa shape index (κ2) is 9.89. The van der Waals surface area contributed by atoms with Crippen molar-refractivity contribution in [2.24, 2.45) is 0 Å². The van der Waals surface area contributed by atoms with Gasteiger partial charge in [0, 0.05) is 24.5 Å². The zero-order chi connectivity index (χ0) is 20.6. The van der Waals surface area contributed by atoms with Crippen LogP contribution in [0.2, 0.25) is 0 Å². The quantitative estimate of drug-likeness (QED) is 0.418. The van der Waals surface area contributed by atoms with E-state index in [9.17, 15) is 4.79 Å². The third kappa shape index (κ3) is 5.15. The molecule has 152 valence electrons. The molecule has 3 aromatic heterocycles. The number of aromatic nitrogens is 4. The summed E-state index contributed by atoms with van der Waals surface area (Å²) in [6.45, 7) is 1.08. The molecule has 1 aromatic carbocycles. The number of pyridine rings is 1. The highest BCUT2D eigenvalue weighted by Crippen LogP contribution is 2.24. The van der Waals surface area contributed by atoms with Gasteiger partial charge in [0.15, 0.2) is 11.0 Å². The minimum Gasteiger partial charge on any atom is -0.467 e. The monoisotopic (exact) mass is 419 g/mol. The molecule has 0 bridgehead atoms. The van der Waals surface area contributed by atoms with Gasteiger partial charge in [-0.3, -0.25) is 14.3 Å². The van der Waals surface area contributed by atoms with E-state index in [-0.39, 0.29) is 11.7 Å². The second-order valence-corrected chi connectivity index (χ2v) is 7.53. The summed E-state index contributed by atoms with van der Waals surface area (Å²) in [4.78, 5) is 16.5. The third-order valence-corrected chi connectivity index (χ3v) is 5.41. The minimum atomic E-state index is -0.0357. The molecule has 0 atom stereocenters. The average Bonchev–Trinajstić information content (AvgIpc) is 3.44. The molecule has 3 heterocycles. The first-order valence-electron chi connectivity index (χ1n) is 9.59. The Morgan fingerprint density at radius 2 is 1.97 bits per heavy atom. The number of thioether (sulfide) groups is 1. The Balaban J connectivity index is 1.40. The van der Waals surface area contributed by atoms with Crippen LogP contribution >= 0.6 is 11.8 Å². The van der Waals surface area contributed by atoms with E-state index in [1.165, 1.54) is 17.3 Å². The smallest absolute Gasteiger partial charge is 0.230 e. The van der Waals surface area contributed by atoms with Crippen LogP contribution in [0.15, 0.2) is 82.8 Å². The Morgan fingerprint density at radius 3 is 2.73 bits per heavy atom. The van der Waals surface area contributed by atoms with Crippen molar-refractivity contribution in [1.82, 2.24) is 25.1 Å². The Bertz CT molecular complexity index is 1070. The minimum absolute atomic E-state index is 0.0357. The van der Waals surface area contributed by atoms with Crippen molar-refractivity contribution in [3.8, 4) is 11.4 Å². The summed E-state index contributed by atoms with van der Waals surface area (Å²) >= 11 is 1.35. The summed E-state index contributed by atoms with van der Waals surface area (Å²) in [6.07, 6.45) is 5.90. The van der Waals surface area contributed by atoms with Gasteiger partial charge in [-0.15, -0.1) is 10.2 Å². The third-order valence-electron chi connectivity index (χ3n) is 4.44. The summed E-state index contributed by atoms with van der Waals surface area (Å²) in [5, 5.41) is 12.2. The highest BCUT2D eigenvalue weighted by molar-refractivity contribution is 7.99. The summed E-state index contributed by atoms with van der Waals surface area (Å²) in [6, 6.07) is 17.6.